The van der Waals surface area contributed by atoms with Crippen molar-refractivity contribution < 1.29 is 18.3 Å². The highest BCUT2D eigenvalue weighted by Gasteiger charge is 2.11. The molecule has 0 spiro atoms. The molecule has 3 nitrogen and oxygen atoms in total. The van der Waals surface area contributed by atoms with Gasteiger partial charge in [0.05, 0.1) is 6.61 Å². The van der Waals surface area contributed by atoms with Gasteiger partial charge in [0.25, 0.3) is 5.95 Å². The first-order valence-corrected chi connectivity index (χ1v) is 5.54. The first kappa shape index (κ1) is 13.4. The van der Waals surface area contributed by atoms with Gasteiger partial charge in [-0.1, -0.05) is 24.3 Å². The molecule has 2 rings (SSSR count). The summed E-state index contributed by atoms with van der Waals surface area (Å²) >= 11 is 0. The van der Waals surface area contributed by atoms with E-state index in [2.05, 4.69) is 10.3 Å². The molecule has 1 heterocycles. The number of rotatable bonds is 4. The molecule has 0 amide bonds. The maximum atomic E-state index is 13.3. The summed E-state index contributed by atoms with van der Waals surface area (Å²) in [5.41, 5.74) is 1.55. The number of aromatic nitrogens is 1. The monoisotopic (exact) mass is 268 g/mol. The molecule has 0 fully saturated rings. The van der Waals surface area contributed by atoms with Crippen molar-refractivity contribution in [1.29, 1.82) is 0 Å². The zero-order chi connectivity index (χ0) is 13.8. The minimum Gasteiger partial charge on any atom is -0.392 e. The predicted molar refractivity (Wildman–Crippen MR) is 63.8 cm³/mol. The maximum Gasteiger partial charge on any atom is 0.251 e. The van der Waals surface area contributed by atoms with Gasteiger partial charge in [0.15, 0.2) is 17.5 Å². The van der Waals surface area contributed by atoms with Crippen LogP contribution in [-0.2, 0) is 13.2 Å². The van der Waals surface area contributed by atoms with Crippen LogP contribution in [0.15, 0.2) is 30.3 Å². The van der Waals surface area contributed by atoms with Gasteiger partial charge in [-0.25, -0.2) is 8.78 Å². The van der Waals surface area contributed by atoms with Crippen LogP contribution in [0.4, 0.5) is 19.0 Å². The zero-order valence-corrected chi connectivity index (χ0v) is 9.83. The Morgan fingerprint density at radius 1 is 1.00 bits per heavy atom. The predicted octanol–water partition coefficient (Wildman–Crippen LogP) is 2.60. The van der Waals surface area contributed by atoms with Crippen molar-refractivity contribution in [1.82, 2.24) is 4.98 Å². The second-order valence-corrected chi connectivity index (χ2v) is 3.92. The molecule has 6 heteroatoms. The fourth-order valence-electron chi connectivity index (χ4n) is 1.52. The summed E-state index contributed by atoms with van der Waals surface area (Å²) in [6.45, 7) is 0.147. The molecule has 2 aromatic rings. The fourth-order valence-corrected chi connectivity index (χ4v) is 1.52. The lowest BCUT2D eigenvalue weighted by Gasteiger charge is -2.07. The number of hydrogen-bond acceptors (Lipinski definition) is 3. The van der Waals surface area contributed by atoms with Gasteiger partial charge >= 0.3 is 0 Å². The molecule has 0 saturated heterocycles. The molecule has 0 aliphatic carbocycles. The molecule has 0 atom stereocenters. The summed E-state index contributed by atoms with van der Waals surface area (Å²) in [4.78, 5) is 3.15. The molecular weight excluding hydrogens is 257 g/mol. The summed E-state index contributed by atoms with van der Waals surface area (Å²) in [6.07, 6.45) is 0. The third kappa shape index (κ3) is 3.23. The molecule has 2 N–H and O–H groups in total. The third-order valence-electron chi connectivity index (χ3n) is 2.55. The molecule has 1 aromatic carbocycles. The second-order valence-electron chi connectivity index (χ2n) is 3.92. The van der Waals surface area contributed by atoms with Crippen LogP contribution in [0.5, 0.6) is 0 Å². The van der Waals surface area contributed by atoms with Gasteiger partial charge in [-0.3, -0.25) is 0 Å². The highest BCUT2D eigenvalue weighted by Crippen LogP contribution is 2.15. The molecule has 1 aromatic heterocycles. The number of hydrogen-bond donors (Lipinski definition) is 2. The average molecular weight is 268 g/mol. The van der Waals surface area contributed by atoms with E-state index in [1.165, 1.54) is 0 Å². The largest absolute Gasteiger partial charge is 0.392 e. The smallest absolute Gasteiger partial charge is 0.251 e. The van der Waals surface area contributed by atoms with Crippen LogP contribution in [-0.4, -0.2) is 10.1 Å². The lowest BCUT2D eigenvalue weighted by molar-refractivity contribution is 0.282. The van der Waals surface area contributed by atoms with Crippen LogP contribution in [0, 0.1) is 17.6 Å². The third-order valence-corrected chi connectivity index (χ3v) is 2.55. The number of pyridine rings is 1. The summed E-state index contributed by atoms with van der Waals surface area (Å²) in [6, 6.07) is 7.34. The quantitative estimate of drug-likeness (QED) is 0.838. The standard InChI is InChI=1S/C13H11F3N2O/c14-10-5-11(15)13(18-12(10)16)17-6-8-1-3-9(7-19)4-2-8/h1-5,19H,6-7H2,(H,17,18). The molecule has 100 valence electrons. The Morgan fingerprint density at radius 3 is 2.26 bits per heavy atom. The SMILES string of the molecule is OCc1ccc(CNc2nc(F)c(F)cc2F)cc1. The molecule has 0 bridgehead atoms. The van der Waals surface area contributed by atoms with Crippen LogP contribution in [0.1, 0.15) is 11.1 Å². The minimum atomic E-state index is -1.35. The van der Waals surface area contributed by atoms with Crippen LogP contribution in [0.2, 0.25) is 0 Å². The van der Waals surface area contributed by atoms with E-state index in [1.807, 2.05) is 0 Å². The van der Waals surface area contributed by atoms with Crippen LogP contribution < -0.4 is 5.32 Å². The Morgan fingerprint density at radius 2 is 1.63 bits per heavy atom. The van der Waals surface area contributed by atoms with Crippen molar-refractivity contribution in [2.24, 2.45) is 0 Å². The summed E-state index contributed by atoms with van der Waals surface area (Å²) in [7, 11) is 0. The number of aliphatic hydroxyl groups is 1. The molecule has 0 aliphatic heterocycles. The molecule has 0 radical (unpaired) electrons. The number of anilines is 1. The van der Waals surface area contributed by atoms with E-state index in [0.717, 1.165) is 11.1 Å². The molecule has 0 saturated carbocycles. The van der Waals surface area contributed by atoms with Gasteiger partial charge in [-0.2, -0.15) is 9.37 Å². The van der Waals surface area contributed by atoms with Gasteiger partial charge in [0.2, 0.25) is 0 Å². The van der Waals surface area contributed by atoms with Gasteiger partial charge < -0.3 is 10.4 Å². The summed E-state index contributed by atoms with van der Waals surface area (Å²) in [5.74, 6) is -3.97. The highest BCUT2D eigenvalue weighted by molar-refractivity contribution is 5.37. The minimum absolute atomic E-state index is 0.0624. The number of nitrogens with zero attached hydrogens (tertiary/aromatic N) is 1. The Kier molecular flexibility index (Phi) is 4.01. The molecule has 0 unspecified atom stereocenters. The Labute approximate surface area is 107 Å². The van der Waals surface area contributed by atoms with Gasteiger partial charge in [0, 0.05) is 12.6 Å². The lowest BCUT2D eigenvalue weighted by Crippen LogP contribution is -2.06. The van der Waals surface area contributed by atoms with Crippen LogP contribution in [0.25, 0.3) is 0 Å². The average Bonchev–Trinajstić information content (AvgIpc) is 2.42. The molecular formula is C13H11F3N2O. The lowest BCUT2D eigenvalue weighted by atomic mass is 10.1. The van der Waals surface area contributed by atoms with E-state index >= 15 is 0 Å². The van der Waals surface area contributed by atoms with Crippen LogP contribution in [0.3, 0.4) is 0 Å². The first-order chi connectivity index (χ1) is 9.10. The van der Waals surface area contributed by atoms with Gasteiger partial charge in [0.1, 0.15) is 0 Å². The van der Waals surface area contributed by atoms with E-state index in [-0.39, 0.29) is 19.0 Å². The van der Waals surface area contributed by atoms with Gasteiger partial charge in [-0.05, 0) is 11.1 Å². The number of nitrogens with one attached hydrogen (secondary N) is 1. The fraction of sp³-hybridized carbons (Fsp3) is 0.154. The van der Waals surface area contributed by atoms with Crippen LogP contribution >= 0.6 is 0 Å². The van der Waals surface area contributed by atoms with Crippen molar-refractivity contribution >= 4 is 5.82 Å². The van der Waals surface area contributed by atoms with E-state index in [1.54, 1.807) is 24.3 Å². The van der Waals surface area contributed by atoms with E-state index in [9.17, 15) is 13.2 Å². The van der Waals surface area contributed by atoms with E-state index in [0.29, 0.717) is 6.07 Å². The normalized spacial score (nSPS) is 10.5. The van der Waals surface area contributed by atoms with Crippen molar-refractivity contribution in [2.45, 2.75) is 13.2 Å². The van der Waals surface area contributed by atoms with Crippen molar-refractivity contribution in [3.63, 3.8) is 0 Å². The molecule has 0 aliphatic rings. The maximum absolute atomic E-state index is 13.3. The summed E-state index contributed by atoms with van der Waals surface area (Å²) < 4.78 is 38.8. The molecule has 19 heavy (non-hydrogen) atoms. The van der Waals surface area contributed by atoms with E-state index < -0.39 is 17.6 Å². The zero-order valence-electron chi connectivity index (χ0n) is 9.83. The number of aliphatic hydroxyl groups excluding tert-OH is 1. The van der Waals surface area contributed by atoms with Crippen molar-refractivity contribution in [3.8, 4) is 0 Å². The Balaban J connectivity index is 2.07. The topological polar surface area (TPSA) is 45.1 Å². The number of benzene rings is 1. The van der Waals surface area contributed by atoms with E-state index in [4.69, 9.17) is 5.11 Å². The van der Waals surface area contributed by atoms with Gasteiger partial charge in [-0.15, -0.1) is 0 Å². The second kappa shape index (κ2) is 5.71. The summed E-state index contributed by atoms with van der Waals surface area (Å²) in [5, 5.41) is 11.5. The van der Waals surface area contributed by atoms with Crippen molar-refractivity contribution in [3.05, 3.63) is 59.0 Å². The Bertz CT molecular complexity index is 573. The first-order valence-electron chi connectivity index (χ1n) is 5.54. The van der Waals surface area contributed by atoms with Crippen molar-refractivity contribution in [2.75, 3.05) is 5.32 Å². The number of halogens is 3. The Hall–Kier alpha value is -2.08. The highest BCUT2D eigenvalue weighted by atomic mass is 19.2.